The van der Waals surface area contributed by atoms with Crippen LogP contribution in [0.15, 0.2) is 46.9 Å². The van der Waals surface area contributed by atoms with Crippen molar-refractivity contribution in [2.24, 2.45) is 0 Å². The van der Waals surface area contributed by atoms with Crippen LogP contribution in [-0.4, -0.2) is 37.6 Å². The van der Waals surface area contributed by atoms with Crippen LogP contribution >= 0.6 is 0 Å². The second-order valence-electron chi connectivity index (χ2n) is 6.02. The highest BCUT2D eigenvalue weighted by Crippen LogP contribution is 2.27. The summed E-state index contributed by atoms with van der Waals surface area (Å²) < 4.78 is 21.0. The van der Waals surface area contributed by atoms with Crippen molar-refractivity contribution in [3.63, 3.8) is 0 Å². The Kier molecular flexibility index (Phi) is 6.51. The summed E-state index contributed by atoms with van der Waals surface area (Å²) in [6.45, 7) is 0.291. The number of carbonyl (C=O) groups is 1. The quantitative estimate of drug-likeness (QED) is 0.600. The van der Waals surface area contributed by atoms with E-state index in [9.17, 15) is 4.79 Å². The zero-order valence-corrected chi connectivity index (χ0v) is 16.4. The van der Waals surface area contributed by atoms with Crippen LogP contribution in [0, 0.1) is 0 Å². The topological polar surface area (TPSA) is 108 Å². The van der Waals surface area contributed by atoms with Gasteiger partial charge in [-0.3, -0.25) is 5.32 Å². The summed E-state index contributed by atoms with van der Waals surface area (Å²) in [6.07, 6.45) is 0.450. The first-order valence-corrected chi connectivity index (χ1v) is 8.82. The molecule has 29 heavy (non-hydrogen) atoms. The lowest BCUT2D eigenvalue weighted by Crippen LogP contribution is -2.28. The molecule has 2 amide bonds. The van der Waals surface area contributed by atoms with Gasteiger partial charge in [0.2, 0.25) is 5.89 Å². The molecule has 1 heterocycles. The Morgan fingerprint density at radius 1 is 0.931 bits per heavy atom. The molecule has 0 bridgehead atoms. The minimum atomic E-state index is -0.459. The van der Waals surface area contributed by atoms with E-state index in [1.54, 1.807) is 33.5 Å². The summed E-state index contributed by atoms with van der Waals surface area (Å²) >= 11 is 0. The van der Waals surface area contributed by atoms with Gasteiger partial charge in [-0.15, -0.1) is 5.10 Å². The van der Waals surface area contributed by atoms with E-state index < -0.39 is 6.03 Å². The number of anilines is 1. The van der Waals surface area contributed by atoms with Gasteiger partial charge >= 0.3 is 12.0 Å². The second kappa shape index (κ2) is 9.45. The zero-order valence-electron chi connectivity index (χ0n) is 16.4. The van der Waals surface area contributed by atoms with Crippen molar-refractivity contribution < 1.29 is 23.4 Å². The van der Waals surface area contributed by atoms with Gasteiger partial charge in [-0.25, -0.2) is 4.79 Å². The smallest absolute Gasteiger partial charge is 0.323 e. The Balaban J connectivity index is 1.52. The van der Waals surface area contributed by atoms with E-state index in [2.05, 4.69) is 20.8 Å². The molecule has 0 fully saturated rings. The number of nitrogens with zero attached hydrogens (tertiary/aromatic N) is 2. The third-order valence-electron chi connectivity index (χ3n) is 4.10. The fourth-order valence-corrected chi connectivity index (χ4v) is 2.61. The van der Waals surface area contributed by atoms with Crippen LogP contribution in [0.2, 0.25) is 0 Å². The predicted octanol–water partition coefficient (Wildman–Crippen LogP) is 3.01. The van der Waals surface area contributed by atoms with Crippen LogP contribution in [0.25, 0.3) is 0 Å². The lowest BCUT2D eigenvalue weighted by molar-refractivity contribution is 0.251. The van der Waals surface area contributed by atoms with Crippen LogP contribution in [0.3, 0.4) is 0 Å². The van der Waals surface area contributed by atoms with Gasteiger partial charge in [0.25, 0.3) is 0 Å². The number of rotatable bonds is 8. The lowest BCUT2D eigenvalue weighted by Gasteiger charge is -2.10. The molecule has 0 aliphatic heterocycles. The number of hydrogen-bond acceptors (Lipinski definition) is 7. The summed E-state index contributed by atoms with van der Waals surface area (Å²) in [4.78, 5) is 12.1. The van der Waals surface area contributed by atoms with Crippen LogP contribution in [0.5, 0.6) is 17.2 Å². The van der Waals surface area contributed by atoms with Crippen LogP contribution in [-0.2, 0) is 13.0 Å². The molecular weight excluding hydrogens is 376 g/mol. The molecule has 0 saturated carbocycles. The van der Waals surface area contributed by atoms with E-state index in [0.717, 1.165) is 16.9 Å². The molecular formula is C20H22N4O5. The predicted molar refractivity (Wildman–Crippen MR) is 106 cm³/mol. The average molecular weight is 398 g/mol. The number of aromatic nitrogens is 2. The fourth-order valence-electron chi connectivity index (χ4n) is 2.61. The highest BCUT2D eigenvalue weighted by Gasteiger charge is 2.11. The van der Waals surface area contributed by atoms with E-state index in [1.807, 2.05) is 30.3 Å². The molecule has 3 aromatic rings. The molecule has 0 atom stereocenters. The van der Waals surface area contributed by atoms with Crippen molar-refractivity contribution >= 4 is 12.0 Å². The van der Waals surface area contributed by atoms with Gasteiger partial charge in [-0.1, -0.05) is 23.3 Å². The van der Waals surface area contributed by atoms with Gasteiger partial charge in [0, 0.05) is 6.54 Å². The normalized spacial score (nSPS) is 10.3. The molecule has 0 aliphatic rings. The Morgan fingerprint density at radius 3 is 2.34 bits per heavy atom. The summed E-state index contributed by atoms with van der Waals surface area (Å²) in [5.74, 6) is 2.38. The minimum absolute atomic E-state index is 0.0262. The van der Waals surface area contributed by atoms with Crippen LogP contribution in [0.1, 0.15) is 17.0 Å². The number of carbonyl (C=O) groups excluding carboxylic acids is 1. The minimum Gasteiger partial charge on any atom is -0.497 e. The second-order valence-corrected chi connectivity index (χ2v) is 6.02. The molecule has 3 rings (SSSR count). The van der Waals surface area contributed by atoms with Crippen molar-refractivity contribution in [3.05, 3.63) is 59.5 Å². The molecule has 0 saturated heterocycles. The molecule has 0 aliphatic carbocycles. The lowest BCUT2D eigenvalue weighted by atomic mass is 10.1. The first-order valence-electron chi connectivity index (χ1n) is 8.82. The molecule has 0 radical (unpaired) electrons. The van der Waals surface area contributed by atoms with E-state index in [0.29, 0.717) is 30.4 Å². The van der Waals surface area contributed by atoms with Crippen LogP contribution in [0.4, 0.5) is 10.8 Å². The average Bonchev–Trinajstić information content (AvgIpc) is 3.19. The maximum atomic E-state index is 12.1. The number of hydrogen-bond donors (Lipinski definition) is 2. The standard InChI is InChI=1S/C20H22N4O5/c1-26-15-7-4-13(5-8-15)11-18-23-24-20(29-18)22-19(25)21-12-14-6-9-16(27-2)17(10-14)28-3/h4-10H,11-12H2,1-3H3,(H2,21,22,24,25). The Labute approximate surface area is 168 Å². The molecule has 9 nitrogen and oxygen atoms in total. The molecule has 2 aromatic carbocycles. The van der Waals surface area contributed by atoms with E-state index in [4.69, 9.17) is 18.6 Å². The van der Waals surface area contributed by atoms with Gasteiger partial charge in [0.15, 0.2) is 11.5 Å². The molecule has 152 valence electrons. The molecule has 1 aromatic heterocycles. The Hall–Kier alpha value is -3.75. The number of methoxy groups -OCH3 is 3. The number of amides is 2. The Morgan fingerprint density at radius 2 is 1.66 bits per heavy atom. The largest absolute Gasteiger partial charge is 0.497 e. The third-order valence-corrected chi connectivity index (χ3v) is 4.10. The van der Waals surface area contributed by atoms with Crippen LogP contribution < -0.4 is 24.8 Å². The summed E-state index contributed by atoms with van der Waals surface area (Å²) in [5.41, 5.74) is 1.84. The van der Waals surface area contributed by atoms with Gasteiger partial charge < -0.3 is 23.9 Å². The fraction of sp³-hybridized carbons (Fsp3) is 0.250. The highest BCUT2D eigenvalue weighted by molar-refractivity contribution is 5.86. The summed E-state index contributed by atoms with van der Waals surface area (Å²) in [7, 11) is 4.73. The maximum Gasteiger partial charge on any atom is 0.323 e. The number of nitrogens with one attached hydrogen (secondary N) is 2. The van der Waals surface area contributed by atoms with Gasteiger partial charge in [0.1, 0.15) is 5.75 Å². The zero-order chi connectivity index (χ0) is 20.6. The van der Waals surface area contributed by atoms with Crippen molar-refractivity contribution in [2.75, 3.05) is 26.6 Å². The van der Waals surface area contributed by atoms with Crippen molar-refractivity contribution in [3.8, 4) is 17.2 Å². The first-order chi connectivity index (χ1) is 14.1. The molecule has 9 heteroatoms. The summed E-state index contributed by atoms with van der Waals surface area (Å²) in [5, 5.41) is 13.0. The van der Waals surface area contributed by atoms with Crippen molar-refractivity contribution in [1.29, 1.82) is 0 Å². The highest BCUT2D eigenvalue weighted by atomic mass is 16.5. The Bertz CT molecular complexity index is 956. The summed E-state index contributed by atoms with van der Waals surface area (Å²) in [6, 6.07) is 12.5. The van der Waals surface area contributed by atoms with Gasteiger partial charge in [0.05, 0.1) is 27.8 Å². The first kappa shape index (κ1) is 20.0. The van der Waals surface area contributed by atoms with E-state index in [-0.39, 0.29) is 6.01 Å². The van der Waals surface area contributed by atoms with E-state index >= 15 is 0 Å². The molecule has 2 N–H and O–H groups in total. The maximum absolute atomic E-state index is 12.1. The SMILES string of the molecule is COc1ccc(Cc2nnc(NC(=O)NCc3ccc(OC)c(OC)c3)o2)cc1. The number of ether oxygens (including phenoxy) is 3. The number of urea groups is 1. The third kappa shape index (κ3) is 5.38. The molecule has 0 spiro atoms. The van der Waals surface area contributed by atoms with Gasteiger partial charge in [-0.2, -0.15) is 0 Å². The number of benzene rings is 2. The molecule has 0 unspecified atom stereocenters. The van der Waals surface area contributed by atoms with Crippen molar-refractivity contribution in [2.45, 2.75) is 13.0 Å². The van der Waals surface area contributed by atoms with Crippen molar-refractivity contribution in [1.82, 2.24) is 15.5 Å². The van der Waals surface area contributed by atoms with Gasteiger partial charge in [-0.05, 0) is 35.4 Å². The van der Waals surface area contributed by atoms with E-state index in [1.165, 1.54) is 0 Å². The monoisotopic (exact) mass is 398 g/mol.